The van der Waals surface area contributed by atoms with E-state index in [4.69, 9.17) is 0 Å². The molecule has 0 N–H and O–H groups in total. The van der Waals surface area contributed by atoms with Crippen LogP contribution in [-0.4, -0.2) is 51.9 Å². The van der Waals surface area contributed by atoms with Gasteiger partial charge in [0.05, 0.1) is 0 Å². The molecule has 0 aliphatic heterocycles. The molecule has 0 saturated heterocycles. The molecule has 0 atom stereocenters. The van der Waals surface area contributed by atoms with Gasteiger partial charge in [-0.3, -0.25) is 0 Å². The third-order valence-corrected chi connectivity index (χ3v) is 3.00. The molecule has 19 heavy (non-hydrogen) atoms. The zero-order valence-corrected chi connectivity index (χ0v) is 13.0. The molecular formula is MoO14S4. The predicted octanol–water partition coefficient (Wildman–Crippen LogP) is -4.16. The van der Waals surface area contributed by atoms with Crippen LogP contribution < -0.4 is 0 Å². The molecule has 0 saturated carbocycles. The molecule has 0 aromatic carbocycles. The largest absolute Gasteiger partial charge is 4.00 e. The fourth-order valence-electron chi connectivity index (χ4n) is 0.204. The monoisotopic (exact) mass is 450 g/mol. The van der Waals surface area contributed by atoms with Crippen molar-refractivity contribution in [1.82, 2.24) is 0 Å². The molecule has 0 spiro atoms. The molecular weight excluding hydrogens is 448 g/mol. The topological polar surface area (TPSA) is 247 Å². The summed E-state index contributed by atoms with van der Waals surface area (Å²) >= 11 is 0. The van der Waals surface area contributed by atoms with Crippen molar-refractivity contribution < 1.29 is 80.2 Å². The van der Waals surface area contributed by atoms with Crippen LogP contribution in [0.15, 0.2) is 0 Å². The van der Waals surface area contributed by atoms with Gasteiger partial charge in [-0.25, -0.2) is 33.7 Å². The smallest absolute Gasteiger partial charge is 0.725 e. The Labute approximate surface area is 121 Å². The van der Waals surface area contributed by atoms with Crippen LogP contribution in [0.4, 0.5) is 0 Å². The zero-order chi connectivity index (χ0) is 15.4. The van der Waals surface area contributed by atoms with Crippen molar-refractivity contribution in [2.75, 3.05) is 0 Å². The van der Waals surface area contributed by atoms with E-state index in [1.54, 1.807) is 0 Å². The van der Waals surface area contributed by atoms with Crippen molar-refractivity contribution in [2.24, 2.45) is 0 Å². The SMILES string of the molecule is O=S(=O)([O-])OS(=O)(=O)[O-].O=S(=O)([O-])OS(=O)(=O)[O-].[Mo+4]. The summed E-state index contributed by atoms with van der Waals surface area (Å²) in [6.45, 7) is 0. The van der Waals surface area contributed by atoms with Gasteiger partial charge in [-0.1, -0.05) is 0 Å². The molecule has 0 aliphatic carbocycles. The first kappa shape index (κ1) is 24.3. The average molecular weight is 448 g/mol. The maximum Gasteiger partial charge on any atom is 4.00 e. The van der Waals surface area contributed by atoms with Crippen molar-refractivity contribution in [1.29, 1.82) is 0 Å². The fraction of sp³-hybridized carbons (Fsp3) is 0. The number of hydrogen-bond acceptors (Lipinski definition) is 14. The normalized spacial score (nSPS) is 12.8. The molecule has 0 aliphatic rings. The van der Waals surface area contributed by atoms with Crippen molar-refractivity contribution in [2.45, 2.75) is 0 Å². The van der Waals surface area contributed by atoms with Crippen molar-refractivity contribution >= 4 is 41.6 Å². The Kier molecular flexibility index (Phi) is 10.1. The number of rotatable bonds is 4. The van der Waals surface area contributed by atoms with E-state index in [9.17, 15) is 51.9 Å². The van der Waals surface area contributed by atoms with Gasteiger partial charge in [0.1, 0.15) is 0 Å². The summed E-state index contributed by atoms with van der Waals surface area (Å²) < 4.78 is 116. The quantitative estimate of drug-likeness (QED) is 0.225. The van der Waals surface area contributed by atoms with Gasteiger partial charge in [0, 0.05) is 0 Å². The van der Waals surface area contributed by atoms with E-state index in [0.717, 1.165) is 0 Å². The van der Waals surface area contributed by atoms with E-state index in [-0.39, 0.29) is 21.1 Å². The summed E-state index contributed by atoms with van der Waals surface area (Å²) in [4.78, 5) is 0. The molecule has 114 valence electrons. The van der Waals surface area contributed by atoms with Gasteiger partial charge in [0.2, 0.25) is 41.6 Å². The predicted molar refractivity (Wildman–Crippen MR) is 41.0 cm³/mol. The first-order chi connectivity index (χ1) is 7.41. The van der Waals surface area contributed by atoms with Gasteiger partial charge >= 0.3 is 21.1 Å². The molecule has 0 unspecified atom stereocenters. The summed E-state index contributed by atoms with van der Waals surface area (Å²) in [7, 11) is -21.7. The van der Waals surface area contributed by atoms with Gasteiger partial charge in [0.15, 0.2) is 0 Å². The van der Waals surface area contributed by atoms with Crippen molar-refractivity contribution in [3.8, 4) is 0 Å². The Hall–Kier alpha value is 0.248. The summed E-state index contributed by atoms with van der Waals surface area (Å²) in [5.41, 5.74) is 0. The van der Waals surface area contributed by atoms with Crippen LogP contribution in [-0.2, 0) is 69.9 Å². The minimum atomic E-state index is -5.43. The minimum absolute atomic E-state index is 0. The second-order valence-corrected chi connectivity index (χ2v) is 6.12. The van der Waals surface area contributed by atoms with Crippen LogP contribution in [0.25, 0.3) is 0 Å². The Morgan fingerprint density at radius 2 is 0.579 bits per heavy atom. The van der Waals surface area contributed by atoms with Crippen molar-refractivity contribution in [3.05, 3.63) is 0 Å². The van der Waals surface area contributed by atoms with Gasteiger partial charge in [-0.05, 0) is 0 Å². The van der Waals surface area contributed by atoms with Crippen LogP contribution in [0, 0.1) is 0 Å². The Morgan fingerprint density at radius 1 is 0.474 bits per heavy atom. The molecule has 0 fully saturated rings. The summed E-state index contributed by atoms with van der Waals surface area (Å²) in [6, 6.07) is 0. The minimum Gasteiger partial charge on any atom is -0.725 e. The second-order valence-electron chi connectivity index (χ2n) is 1.77. The molecule has 0 aromatic heterocycles. The van der Waals surface area contributed by atoms with E-state index in [1.807, 2.05) is 0 Å². The summed E-state index contributed by atoms with van der Waals surface area (Å²) in [6.07, 6.45) is 0. The van der Waals surface area contributed by atoms with Crippen LogP contribution in [0.1, 0.15) is 0 Å². The second kappa shape index (κ2) is 7.88. The molecule has 14 nitrogen and oxygen atoms in total. The van der Waals surface area contributed by atoms with E-state index in [2.05, 4.69) is 7.26 Å². The van der Waals surface area contributed by atoms with Gasteiger partial charge in [0.25, 0.3) is 0 Å². The molecule has 0 rings (SSSR count). The van der Waals surface area contributed by atoms with Crippen LogP contribution in [0.3, 0.4) is 0 Å². The van der Waals surface area contributed by atoms with Crippen LogP contribution >= 0.6 is 0 Å². The van der Waals surface area contributed by atoms with E-state index in [0.29, 0.717) is 0 Å². The Bertz CT molecular complexity index is 532. The van der Waals surface area contributed by atoms with E-state index < -0.39 is 41.6 Å². The summed E-state index contributed by atoms with van der Waals surface area (Å²) in [5, 5.41) is 0. The Balaban J connectivity index is -0.000000256. The van der Waals surface area contributed by atoms with Gasteiger partial charge in [-0.2, -0.15) is 7.26 Å². The van der Waals surface area contributed by atoms with Crippen molar-refractivity contribution in [3.63, 3.8) is 0 Å². The fourth-order valence-corrected chi connectivity index (χ4v) is 1.84. The maximum absolute atomic E-state index is 9.29. The zero-order valence-electron chi connectivity index (χ0n) is 7.76. The van der Waals surface area contributed by atoms with Gasteiger partial charge in [-0.15, -0.1) is 0 Å². The molecule has 0 bridgehead atoms. The first-order valence-electron chi connectivity index (χ1n) is 2.67. The third kappa shape index (κ3) is 32.1. The maximum atomic E-state index is 9.29. The number of hydrogen-bond donors (Lipinski definition) is 0. The van der Waals surface area contributed by atoms with Crippen LogP contribution in [0.2, 0.25) is 0 Å². The molecule has 0 amide bonds. The standard InChI is InChI=1S/Mo.2H2O7S2/c;2*1-8(2,3)7-9(4,5)6/h;2*(H,1,2,3)(H,4,5,6)/q+4;;/p-4. The Morgan fingerprint density at radius 3 is 0.579 bits per heavy atom. The summed E-state index contributed by atoms with van der Waals surface area (Å²) in [5.74, 6) is 0. The molecule has 19 heteroatoms. The van der Waals surface area contributed by atoms with Gasteiger partial charge < -0.3 is 18.2 Å². The van der Waals surface area contributed by atoms with E-state index in [1.165, 1.54) is 0 Å². The van der Waals surface area contributed by atoms with E-state index >= 15 is 0 Å². The average Bonchev–Trinajstić information content (AvgIpc) is 1.64. The molecule has 0 radical (unpaired) electrons. The first-order valence-corrected chi connectivity index (χ1v) is 8.00. The third-order valence-electron chi connectivity index (χ3n) is 0.333. The molecule has 0 heterocycles. The van der Waals surface area contributed by atoms with Crippen LogP contribution in [0.5, 0.6) is 0 Å². The molecule has 0 aromatic rings.